The zero-order valence-corrected chi connectivity index (χ0v) is 25.3. The van der Waals surface area contributed by atoms with Crippen molar-refractivity contribution < 1.29 is 9.59 Å². The second kappa shape index (κ2) is 10.8. The molecule has 2 aromatic carbocycles. The molecule has 0 spiro atoms. The number of likely N-dealkylation sites (tertiary alicyclic amines) is 1. The van der Waals surface area contributed by atoms with Crippen LogP contribution in [0.15, 0.2) is 64.1 Å². The van der Waals surface area contributed by atoms with E-state index in [0.717, 1.165) is 34.8 Å². The molecule has 1 saturated heterocycles. The molecule has 3 aliphatic rings. The van der Waals surface area contributed by atoms with Crippen LogP contribution in [0.2, 0.25) is 10.0 Å². The molecule has 0 bridgehead atoms. The Morgan fingerprint density at radius 2 is 1.64 bits per heavy atom. The summed E-state index contributed by atoms with van der Waals surface area (Å²) < 4.78 is 0. The van der Waals surface area contributed by atoms with E-state index >= 15 is 0 Å². The summed E-state index contributed by atoms with van der Waals surface area (Å²) in [7, 11) is 3.50. The lowest BCUT2D eigenvalue weighted by molar-refractivity contribution is -0.143. The van der Waals surface area contributed by atoms with Crippen LogP contribution in [0.25, 0.3) is 0 Å². The molecule has 206 valence electrons. The van der Waals surface area contributed by atoms with Gasteiger partial charge < -0.3 is 14.7 Å². The number of amidine groups is 1. The molecule has 2 amide bonds. The molecule has 0 unspecified atom stereocenters. The fourth-order valence-corrected chi connectivity index (χ4v) is 7.54. The molecule has 9 heteroatoms. The van der Waals surface area contributed by atoms with E-state index in [0.29, 0.717) is 27.9 Å². The number of nitrogens with zero attached hydrogens (tertiary/aromatic N) is 4. The molecular weight excluding hydrogens is 551 g/mol. The highest BCUT2D eigenvalue weighted by atomic mass is 35.5. The number of likely N-dealkylation sites (N-methyl/N-ethyl adjacent to an activating group) is 1. The standard InChI is InChI=1S/C30H34Cl2N4O2S/c1-18(2)24-25(28(38)35-17-7-6-8-23(35)27(37)34(4)5)39-29-33-30(3,20-11-15-22(32)16-12-20)26(36(24)29)19-9-13-21(31)14-10-19/h9-16,18,23,26H,6-8,17H2,1-5H3/t23-,26+,30-/m0/s1. The Balaban J connectivity index is 1.61. The summed E-state index contributed by atoms with van der Waals surface area (Å²) in [5.41, 5.74) is 2.42. The Morgan fingerprint density at radius 3 is 2.23 bits per heavy atom. The van der Waals surface area contributed by atoms with Crippen molar-refractivity contribution in [1.82, 2.24) is 14.7 Å². The largest absolute Gasteiger partial charge is 0.347 e. The highest BCUT2D eigenvalue weighted by molar-refractivity contribution is 8.18. The lowest BCUT2D eigenvalue weighted by Gasteiger charge is -2.38. The number of piperidine rings is 1. The van der Waals surface area contributed by atoms with Crippen molar-refractivity contribution in [2.75, 3.05) is 20.6 Å². The quantitative estimate of drug-likeness (QED) is 0.392. The molecule has 3 aliphatic heterocycles. The van der Waals surface area contributed by atoms with Crippen molar-refractivity contribution >= 4 is 51.9 Å². The van der Waals surface area contributed by atoms with Crippen molar-refractivity contribution in [2.24, 2.45) is 10.9 Å². The SMILES string of the molecule is CC(C)C1=C(C(=O)N2CCCC[C@H]2C(=O)N(C)C)SC2=N[C@@](C)(c3ccc(Cl)cc3)[C@@H](c3ccc(Cl)cc3)N21. The van der Waals surface area contributed by atoms with Crippen LogP contribution in [0.1, 0.15) is 57.2 Å². The minimum Gasteiger partial charge on any atom is -0.347 e. The van der Waals surface area contributed by atoms with Gasteiger partial charge in [-0.15, -0.1) is 0 Å². The number of fused-ring (bicyclic) bond motifs is 1. The van der Waals surface area contributed by atoms with E-state index in [9.17, 15) is 9.59 Å². The molecule has 3 atom stereocenters. The zero-order chi connectivity index (χ0) is 28.1. The highest BCUT2D eigenvalue weighted by Gasteiger charge is 2.53. The number of allylic oxidation sites excluding steroid dienone is 1. The molecule has 0 radical (unpaired) electrons. The summed E-state index contributed by atoms with van der Waals surface area (Å²) in [6.07, 6.45) is 2.52. The van der Waals surface area contributed by atoms with Crippen LogP contribution in [-0.4, -0.2) is 58.4 Å². The minimum atomic E-state index is -0.621. The molecule has 0 aromatic heterocycles. The Bertz CT molecular complexity index is 1340. The van der Waals surface area contributed by atoms with E-state index in [1.165, 1.54) is 11.8 Å². The van der Waals surface area contributed by atoms with Gasteiger partial charge in [-0.1, -0.05) is 61.3 Å². The van der Waals surface area contributed by atoms with Gasteiger partial charge in [0.1, 0.15) is 16.5 Å². The maximum absolute atomic E-state index is 14.2. The number of aliphatic imine (C=N–C) groups is 1. The van der Waals surface area contributed by atoms with Crippen LogP contribution < -0.4 is 0 Å². The van der Waals surface area contributed by atoms with Crippen LogP contribution in [-0.2, 0) is 15.1 Å². The van der Waals surface area contributed by atoms with Gasteiger partial charge in [-0.25, -0.2) is 4.99 Å². The number of rotatable bonds is 5. The molecule has 0 saturated carbocycles. The summed E-state index contributed by atoms with van der Waals surface area (Å²) >= 11 is 13.9. The first-order chi connectivity index (χ1) is 18.5. The fraction of sp³-hybridized carbons (Fsp3) is 0.433. The minimum absolute atomic E-state index is 0.0232. The molecule has 1 fully saturated rings. The predicted octanol–water partition coefficient (Wildman–Crippen LogP) is 6.71. The smallest absolute Gasteiger partial charge is 0.263 e. The number of carbonyl (C=O) groups excluding carboxylic acids is 2. The Kier molecular flexibility index (Phi) is 7.79. The van der Waals surface area contributed by atoms with Crippen LogP contribution in [0.4, 0.5) is 0 Å². The number of benzene rings is 2. The summed E-state index contributed by atoms with van der Waals surface area (Å²) in [5, 5.41) is 2.14. The van der Waals surface area contributed by atoms with Crippen molar-refractivity contribution in [2.45, 2.75) is 57.7 Å². The Labute approximate surface area is 245 Å². The van der Waals surface area contributed by atoms with Crippen LogP contribution in [0, 0.1) is 5.92 Å². The number of thioether (sulfide) groups is 1. The van der Waals surface area contributed by atoms with Crippen molar-refractivity contribution in [3.8, 4) is 0 Å². The molecule has 0 aliphatic carbocycles. The average Bonchev–Trinajstić information content (AvgIpc) is 3.41. The first kappa shape index (κ1) is 28.1. The third-order valence-corrected chi connectivity index (χ3v) is 9.42. The maximum Gasteiger partial charge on any atom is 0.263 e. The Morgan fingerprint density at radius 1 is 1.03 bits per heavy atom. The van der Waals surface area contributed by atoms with E-state index in [2.05, 4.69) is 25.7 Å². The van der Waals surface area contributed by atoms with Gasteiger partial charge in [0.05, 0.1) is 6.04 Å². The van der Waals surface area contributed by atoms with Crippen molar-refractivity contribution in [1.29, 1.82) is 0 Å². The molecule has 2 aromatic rings. The number of amides is 2. The molecule has 39 heavy (non-hydrogen) atoms. The van der Waals surface area contributed by atoms with E-state index in [-0.39, 0.29) is 23.8 Å². The number of hydrogen-bond donors (Lipinski definition) is 0. The maximum atomic E-state index is 14.2. The molecule has 0 N–H and O–H groups in total. The lowest BCUT2D eigenvalue weighted by atomic mass is 9.81. The fourth-order valence-electron chi connectivity index (χ4n) is 5.92. The van der Waals surface area contributed by atoms with E-state index < -0.39 is 11.6 Å². The van der Waals surface area contributed by atoms with E-state index in [1.54, 1.807) is 23.9 Å². The Hall–Kier alpha value is -2.48. The van der Waals surface area contributed by atoms with Gasteiger partial charge in [0.2, 0.25) is 5.91 Å². The summed E-state index contributed by atoms with van der Waals surface area (Å²) in [6, 6.07) is 15.1. The lowest BCUT2D eigenvalue weighted by Crippen LogP contribution is -2.51. The molecule has 3 heterocycles. The van der Waals surface area contributed by atoms with Crippen LogP contribution >= 0.6 is 35.0 Å². The summed E-state index contributed by atoms with van der Waals surface area (Å²) in [4.78, 5) is 38.8. The summed E-state index contributed by atoms with van der Waals surface area (Å²) in [6.45, 7) is 6.94. The second-order valence-electron chi connectivity index (χ2n) is 11.1. The normalized spacial score (nSPS) is 24.8. The monoisotopic (exact) mass is 584 g/mol. The van der Waals surface area contributed by atoms with E-state index in [4.69, 9.17) is 28.2 Å². The van der Waals surface area contributed by atoms with E-state index in [1.807, 2.05) is 48.5 Å². The number of halogens is 2. The second-order valence-corrected chi connectivity index (χ2v) is 12.9. The van der Waals surface area contributed by atoms with Crippen molar-refractivity contribution in [3.63, 3.8) is 0 Å². The highest BCUT2D eigenvalue weighted by Crippen LogP contribution is 2.56. The number of carbonyl (C=O) groups is 2. The third kappa shape index (κ3) is 4.98. The number of hydrogen-bond acceptors (Lipinski definition) is 5. The van der Waals surface area contributed by atoms with Gasteiger partial charge >= 0.3 is 0 Å². The van der Waals surface area contributed by atoms with Gasteiger partial charge in [0, 0.05) is 36.4 Å². The molecular formula is C30H34Cl2N4O2S. The van der Waals surface area contributed by atoms with Gasteiger partial charge in [-0.05, 0) is 79.3 Å². The van der Waals surface area contributed by atoms with Gasteiger partial charge in [0.25, 0.3) is 5.91 Å². The average molecular weight is 586 g/mol. The molecule has 6 nitrogen and oxygen atoms in total. The van der Waals surface area contributed by atoms with Gasteiger partial charge in [0.15, 0.2) is 5.17 Å². The van der Waals surface area contributed by atoms with Crippen LogP contribution in [0.3, 0.4) is 0 Å². The van der Waals surface area contributed by atoms with Crippen molar-refractivity contribution in [3.05, 3.63) is 80.3 Å². The summed E-state index contributed by atoms with van der Waals surface area (Å²) in [5.74, 6) is -0.0481. The third-order valence-electron chi connectivity index (χ3n) is 7.86. The first-order valence-corrected chi connectivity index (χ1v) is 14.9. The van der Waals surface area contributed by atoms with Gasteiger partial charge in [-0.3, -0.25) is 9.59 Å². The first-order valence-electron chi connectivity index (χ1n) is 13.4. The zero-order valence-electron chi connectivity index (χ0n) is 22.9. The van der Waals surface area contributed by atoms with Crippen LogP contribution in [0.5, 0.6) is 0 Å². The topological polar surface area (TPSA) is 56.2 Å². The molecule has 5 rings (SSSR count). The predicted molar refractivity (Wildman–Crippen MR) is 160 cm³/mol. The van der Waals surface area contributed by atoms with Gasteiger partial charge in [-0.2, -0.15) is 0 Å².